The van der Waals surface area contributed by atoms with Gasteiger partial charge in [-0.3, -0.25) is 4.79 Å². The normalized spacial score (nSPS) is 12.5. The van der Waals surface area contributed by atoms with E-state index in [0.29, 0.717) is 19.6 Å². The summed E-state index contributed by atoms with van der Waals surface area (Å²) in [4.78, 5) is 12.2. The van der Waals surface area contributed by atoms with Gasteiger partial charge in [0.2, 0.25) is 0 Å². The third kappa shape index (κ3) is 39.2. The quantitative estimate of drug-likeness (QED) is 0.0404. The van der Waals surface area contributed by atoms with Crippen molar-refractivity contribution in [1.29, 1.82) is 0 Å². The summed E-state index contributed by atoms with van der Waals surface area (Å²) in [5.41, 5.74) is 0. The number of carbonyl (C=O) groups is 1. The Balaban J connectivity index is 3.41. The van der Waals surface area contributed by atoms with Crippen LogP contribution < -0.4 is 0 Å². The van der Waals surface area contributed by atoms with Gasteiger partial charge in [-0.15, -0.1) is 0 Å². The van der Waals surface area contributed by atoms with E-state index in [-0.39, 0.29) is 12.6 Å². The zero-order valence-corrected chi connectivity index (χ0v) is 31.8. The van der Waals surface area contributed by atoms with Gasteiger partial charge < -0.3 is 14.6 Å². The van der Waals surface area contributed by atoms with Gasteiger partial charge in [0, 0.05) is 13.0 Å². The van der Waals surface area contributed by atoms with Crippen LogP contribution in [0.4, 0.5) is 0 Å². The van der Waals surface area contributed by atoms with Crippen molar-refractivity contribution in [3.63, 3.8) is 0 Å². The minimum atomic E-state index is -0.531. The van der Waals surface area contributed by atoms with Gasteiger partial charge in [-0.05, 0) is 44.9 Å². The van der Waals surface area contributed by atoms with Crippen molar-refractivity contribution >= 4 is 5.97 Å². The van der Waals surface area contributed by atoms with Crippen molar-refractivity contribution in [2.75, 3.05) is 19.8 Å². The number of hydrogen-bond donors (Lipinski definition) is 1. The monoisotopic (exact) mass is 663 g/mol. The summed E-state index contributed by atoms with van der Waals surface area (Å²) >= 11 is 0. The summed E-state index contributed by atoms with van der Waals surface area (Å²) in [7, 11) is 0. The lowest BCUT2D eigenvalue weighted by atomic mass is 10.0. The number of hydrogen-bond acceptors (Lipinski definition) is 4. The van der Waals surface area contributed by atoms with Crippen LogP contribution >= 0.6 is 0 Å². The van der Waals surface area contributed by atoms with Crippen LogP contribution in [0.5, 0.6) is 0 Å². The van der Waals surface area contributed by atoms with Gasteiger partial charge in [-0.25, -0.2) is 0 Å². The lowest BCUT2D eigenvalue weighted by Gasteiger charge is -2.16. The molecule has 1 N–H and O–H groups in total. The van der Waals surface area contributed by atoms with E-state index in [0.717, 1.165) is 25.7 Å². The Hall–Kier alpha value is -1.13. The second kappa shape index (κ2) is 41.0. The van der Waals surface area contributed by atoms with Gasteiger partial charge in [0.05, 0.1) is 13.2 Å². The van der Waals surface area contributed by atoms with Crippen molar-refractivity contribution in [1.82, 2.24) is 0 Å². The molecule has 0 radical (unpaired) electrons. The maximum absolute atomic E-state index is 12.2. The molecule has 0 amide bonds. The Bertz CT molecular complexity index is 658. The van der Waals surface area contributed by atoms with Gasteiger partial charge >= 0.3 is 5.97 Å². The second-order valence-electron chi connectivity index (χ2n) is 14.1. The molecule has 4 nitrogen and oxygen atoms in total. The van der Waals surface area contributed by atoms with Crippen LogP contribution in [-0.2, 0) is 14.3 Å². The van der Waals surface area contributed by atoms with E-state index < -0.39 is 6.10 Å². The van der Waals surface area contributed by atoms with E-state index in [9.17, 15) is 9.90 Å². The van der Waals surface area contributed by atoms with Crippen molar-refractivity contribution < 1.29 is 19.4 Å². The van der Waals surface area contributed by atoms with E-state index >= 15 is 0 Å². The number of rotatable bonds is 39. The minimum Gasteiger partial charge on any atom is -0.457 e. The highest BCUT2D eigenvalue weighted by Gasteiger charge is 2.13. The lowest BCUT2D eigenvalue weighted by molar-refractivity contribution is -0.154. The zero-order valence-electron chi connectivity index (χ0n) is 31.8. The average Bonchev–Trinajstić information content (AvgIpc) is 3.08. The summed E-state index contributed by atoms with van der Waals surface area (Å²) in [6.07, 6.45) is 49.4. The molecule has 0 aromatic carbocycles. The summed E-state index contributed by atoms with van der Waals surface area (Å²) in [6, 6.07) is 0. The first-order valence-electron chi connectivity index (χ1n) is 20.9. The molecule has 1 unspecified atom stereocenters. The maximum Gasteiger partial charge on any atom is 0.306 e. The highest BCUT2D eigenvalue weighted by Crippen LogP contribution is 2.15. The van der Waals surface area contributed by atoms with Crippen LogP contribution in [0.2, 0.25) is 0 Å². The Morgan fingerprint density at radius 3 is 1.36 bits per heavy atom. The van der Waals surface area contributed by atoms with E-state index in [2.05, 4.69) is 38.2 Å². The Morgan fingerprint density at radius 2 is 0.894 bits per heavy atom. The molecule has 0 aliphatic rings. The number of allylic oxidation sites excluding steroid dienone is 4. The van der Waals surface area contributed by atoms with Gasteiger partial charge in [0.15, 0.2) is 0 Å². The average molecular weight is 663 g/mol. The molecule has 0 bridgehead atoms. The molecule has 0 aromatic heterocycles. The van der Waals surface area contributed by atoms with Crippen molar-refractivity contribution in [2.24, 2.45) is 0 Å². The van der Waals surface area contributed by atoms with Crippen molar-refractivity contribution in [3.05, 3.63) is 24.3 Å². The molecular formula is C43H82O4. The summed E-state index contributed by atoms with van der Waals surface area (Å²) in [5, 5.41) is 9.59. The molecule has 0 aliphatic heterocycles. The Kier molecular flexibility index (Phi) is 40.1. The minimum absolute atomic E-state index is 0.169. The summed E-state index contributed by atoms with van der Waals surface area (Å²) < 4.78 is 11.2. The molecule has 1 atom stereocenters. The van der Waals surface area contributed by atoms with Crippen LogP contribution in [0.25, 0.3) is 0 Å². The third-order valence-corrected chi connectivity index (χ3v) is 9.28. The van der Waals surface area contributed by atoms with E-state index in [1.54, 1.807) is 0 Å². The topological polar surface area (TPSA) is 55.8 Å². The smallest absolute Gasteiger partial charge is 0.306 e. The van der Waals surface area contributed by atoms with Gasteiger partial charge in [0.25, 0.3) is 0 Å². The van der Waals surface area contributed by atoms with Crippen LogP contribution in [0, 0.1) is 0 Å². The number of aliphatic hydroxyl groups excluding tert-OH is 1. The highest BCUT2D eigenvalue weighted by molar-refractivity contribution is 5.69. The predicted octanol–water partition coefficient (Wildman–Crippen LogP) is 13.5. The first-order chi connectivity index (χ1) is 23.2. The third-order valence-electron chi connectivity index (χ3n) is 9.28. The highest BCUT2D eigenvalue weighted by atomic mass is 16.6. The molecule has 0 aromatic rings. The number of ether oxygens (including phenoxy) is 2. The Morgan fingerprint density at radius 1 is 0.511 bits per heavy atom. The number of unbranched alkanes of at least 4 members (excludes halogenated alkanes) is 27. The molecule has 0 aliphatic carbocycles. The van der Waals surface area contributed by atoms with Crippen LogP contribution in [0.15, 0.2) is 24.3 Å². The van der Waals surface area contributed by atoms with Gasteiger partial charge in [-0.1, -0.05) is 192 Å². The molecule has 0 fully saturated rings. The maximum atomic E-state index is 12.2. The molecular weight excluding hydrogens is 580 g/mol. The molecule has 0 rings (SSSR count). The molecule has 0 spiro atoms. The zero-order chi connectivity index (χ0) is 34.1. The van der Waals surface area contributed by atoms with Gasteiger partial charge in [0.1, 0.15) is 6.10 Å². The lowest BCUT2D eigenvalue weighted by Crippen LogP contribution is -2.27. The fourth-order valence-corrected chi connectivity index (χ4v) is 6.12. The van der Waals surface area contributed by atoms with Gasteiger partial charge in [-0.2, -0.15) is 0 Å². The first-order valence-corrected chi connectivity index (χ1v) is 20.9. The predicted molar refractivity (Wildman–Crippen MR) is 205 cm³/mol. The van der Waals surface area contributed by atoms with Crippen LogP contribution in [0.1, 0.15) is 219 Å². The molecule has 0 saturated carbocycles. The second-order valence-corrected chi connectivity index (χ2v) is 14.1. The number of esters is 1. The number of aliphatic hydroxyl groups is 1. The largest absolute Gasteiger partial charge is 0.457 e. The van der Waals surface area contributed by atoms with Crippen molar-refractivity contribution in [2.45, 2.75) is 225 Å². The summed E-state index contributed by atoms with van der Waals surface area (Å²) in [5.74, 6) is -0.202. The molecule has 0 heterocycles. The van der Waals surface area contributed by atoms with Crippen molar-refractivity contribution in [3.8, 4) is 0 Å². The van der Waals surface area contributed by atoms with E-state index in [1.165, 1.54) is 173 Å². The molecule has 278 valence electrons. The molecule has 4 heteroatoms. The Labute approximate surface area is 294 Å². The number of carbonyl (C=O) groups excluding carboxylic acids is 1. The van der Waals surface area contributed by atoms with E-state index in [1.807, 2.05) is 0 Å². The molecule has 47 heavy (non-hydrogen) atoms. The van der Waals surface area contributed by atoms with Crippen LogP contribution in [-0.4, -0.2) is 37.0 Å². The van der Waals surface area contributed by atoms with Crippen LogP contribution in [0.3, 0.4) is 0 Å². The standard InChI is InChI=1S/C43H82O4/c1-3-5-7-9-11-13-15-17-19-21-22-23-24-26-28-30-32-34-36-38-43(45)47-42(40-44)41-46-39-37-35-33-31-29-27-25-20-18-16-14-12-10-8-6-4-2/h11,13,17,19,42,44H,3-10,12,14-16,18,20-41H2,1-2H3/b13-11-,19-17-. The SMILES string of the molecule is CCCCC/C=C\C/C=C\CCCCCCCCCCCC(=O)OC(CO)COCCCCCCCCCCCCCCCCCC. The summed E-state index contributed by atoms with van der Waals surface area (Å²) in [6.45, 7) is 5.35. The first kappa shape index (κ1) is 45.9. The molecule has 0 saturated heterocycles. The fraction of sp³-hybridized carbons (Fsp3) is 0.884. The fourth-order valence-electron chi connectivity index (χ4n) is 6.12. The van der Waals surface area contributed by atoms with E-state index in [4.69, 9.17) is 9.47 Å².